The molecule has 1 aromatic rings. The van der Waals surface area contributed by atoms with Gasteiger partial charge in [-0.3, -0.25) is 0 Å². The van der Waals surface area contributed by atoms with E-state index in [4.69, 9.17) is 4.74 Å². The van der Waals surface area contributed by atoms with Gasteiger partial charge in [-0.25, -0.2) is 9.18 Å². The number of carbonyl (C=O) groups excluding carboxylic acids is 1. The van der Waals surface area contributed by atoms with E-state index >= 15 is 0 Å². The van der Waals surface area contributed by atoms with Crippen molar-refractivity contribution in [2.45, 2.75) is 44.4 Å². The molecule has 0 bridgehead atoms. The summed E-state index contributed by atoms with van der Waals surface area (Å²) in [7, 11) is 1.70. The van der Waals surface area contributed by atoms with Gasteiger partial charge in [0.25, 0.3) is 0 Å². The predicted molar refractivity (Wildman–Crippen MR) is 99.4 cm³/mol. The fraction of sp³-hybridized carbons (Fsp3) is 0.650. The van der Waals surface area contributed by atoms with Gasteiger partial charge in [0, 0.05) is 37.5 Å². The van der Waals surface area contributed by atoms with Crippen molar-refractivity contribution >= 4 is 11.7 Å². The van der Waals surface area contributed by atoms with Gasteiger partial charge in [-0.1, -0.05) is 12.1 Å². The first-order chi connectivity index (χ1) is 12.6. The van der Waals surface area contributed by atoms with Crippen molar-refractivity contribution < 1.29 is 13.9 Å². The molecule has 1 N–H and O–H groups in total. The molecule has 1 aromatic carbocycles. The van der Waals surface area contributed by atoms with Gasteiger partial charge in [0.1, 0.15) is 11.9 Å². The number of benzene rings is 1. The molecule has 5 atom stereocenters. The summed E-state index contributed by atoms with van der Waals surface area (Å²) in [6.07, 6.45) is 1.70. The van der Waals surface area contributed by atoms with E-state index in [1.807, 2.05) is 25.1 Å². The highest BCUT2D eigenvalue weighted by Crippen LogP contribution is 2.42. The Morgan fingerprint density at radius 1 is 1.23 bits per heavy atom. The van der Waals surface area contributed by atoms with Gasteiger partial charge < -0.3 is 19.9 Å². The van der Waals surface area contributed by atoms with Crippen molar-refractivity contribution in [3.8, 4) is 5.75 Å². The molecular formula is C20H28FN3O2. The first kappa shape index (κ1) is 17.4. The second-order valence-corrected chi connectivity index (χ2v) is 7.97. The average molecular weight is 361 g/mol. The maximum atomic E-state index is 13.6. The number of rotatable bonds is 3. The Bertz CT molecular complexity index is 670. The van der Waals surface area contributed by atoms with Gasteiger partial charge in [-0.2, -0.15) is 0 Å². The monoisotopic (exact) mass is 361 g/mol. The number of fused-ring (bicyclic) bond motifs is 1. The molecule has 5 nitrogen and oxygen atoms in total. The third-order valence-corrected chi connectivity index (χ3v) is 6.38. The number of nitrogens with zero attached hydrogens (tertiary/aromatic N) is 2. The number of hydrogen-bond donors (Lipinski definition) is 1. The van der Waals surface area contributed by atoms with Gasteiger partial charge in [0.15, 0.2) is 0 Å². The van der Waals surface area contributed by atoms with Crippen molar-refractivity contribution in [1.82, 2.24) is 10.2 Å². The van der Waals surface area contributed by atoms with Crippen LogP contribution in [0, 0.1) is 11.8 Å². The number of anilines is 1. The third-order valence-electron chi connectivity index (χ3n) is 6.38. The summed E-state index contributed by atoms with van der Waals surface area (Å²) in [4.78, 5) is 16.6. The van der Waals surface area contributed by atoms with Crippen LogP contribution in [0.1, 0.15) is 26.2 Å². The van der Waals surface area contributed by atoms with Gasteiger partial charge in [0.2, 0.25) is 0 Å². The minimum absolute atomic E-state index is 0.0177. The van der Waals surface area contributed by atoms with Crippen LogP contribution in [0.4, 0.5) is 14.9 Å². The fourth-order valence-electron chi connectivity index (χ4n) is 5.02. The fourth-order valence-corrected chi connectivity index (χ4v) is 5.02. The van der Waals surface area contributed by atoms with E-state index < -0.39 is 6.17 Å². The van der Waals surface area contributed by atoms with E-state index in [2.05, 4.69) is 16.3 Å². The SMILES string of the molecule is COc1ccccc1N1C[C@H]2CC[C@H](NC(=O)N3C[C@H](F)CC3C)[C@H]2C1. The normalized spacial score (nSPS) is 33.4. The van der Waals surface area contributed by atoms with E-state index in [1.165, 1.54) is 0 Å². The summed E-state index contributed by atoms with van der Waals surface area (Å²) in [5.74, 6) is 1.94. The number of urea groups is 1. The molecule has 2 heterocycles. The Morgan fingerprint density at radius 3 is 2.77 bits per heavy atom. The van der Waals surface area contributed by atoms with Gasteiger partial charge in [-0.15, -0.1) is 0 Å². The van der Waals surface area contributed by atoms with Crippen LogP contribution in [-0.2, 0) is 0 Å². The molecular weight excluding hydrogens is 333 g/mol. The molecule has 0 spiro atoms. The number of ether oxygens (including phenoxy) is 1. The van der Waals surface area contributed by atoms with E-state index in [9.17, 15) is 9.18 Å². The number of carbonyl (C=O) groups is 1. The molecule has 3 aliphatic rings. The number of alkyl halides is 1. The lowest BCUT2D eigenvalue weighted by Crippen LogP contribution is -2.48. The molecule has 0 radical (unpaired) electrons. The molecule has 3 fully saturated rings. The molecule has 2 aliphatic heterocycles. The van der Waals surface area contributed by atoms with E-state index in [-0.39, 0.29) is 24.7 Å². The molecule has 0 aromatic heterocycles. The largest absolute Gasteiger partial charge is 0.495 e. The van der Waals surface area contributed by atoms with E-state index in [0.29, 0.717) is 18.3 Å². The summed E-state index contributed by atoms with van der Waals surface area (Å²) in [6.45, 7) is 4.08. The van der Waals surface area contributed by atoms with E-state index in [0.717, 1.165) is 37.4 Å². The molecule has 2 saturated heterocycles. The summed E-state index contributed by atoms with van der Waals surface area (Å²) in [6, 6.07) is 8.17. The third kappa shape index (κ3) is 3.10. The number of likely N-dealkylation sites (tertiary alicyclic amines) is 1. The second kappa shape index (κ2) is 6.97. The standard InChI is InChI=1S/C20H28FN3O2/c1-13-9-15(21)11-24(13)20(25)22-17-8-7-14-10-23(12-16(14)17)18-5-3-4-6-19(18)26-2/h3-6,13-17H,7-12H2,1-2H3,(H,22,25)/t13?,14-,15-,16+,17+/m1/s1. The maximum absolute atomic E-state index is 13.6. The molecule has 4 rings (SSSR count). The lowest BCUT2D eigenvalue weighted by molar-refractivity contribution is 0.186. The number of halogens is 1. The lowest BCUT2D eigenvalue weighted by Gasteiger charge is -2.27. The highest BCUT2D eigenvalue weighted by atomic mass is 19.1. The van der Waals surface area contributed by atoms with Crippen LogP contribution in [0.15, 0.2) is 24.3 Å². The van der Waals surface area contributed by atoms with Crippen LogP contribution >= 0.6 is 0 Å². The summed E-state index contributed by atoms with van der Waals surface area (Å²) in [5, 5.41) is 3.21. The number of methoxy groups -OCH3 is 1. The molecule has 2 amide bonds. The van der Waals surface area contributed by atoms with Crippen molar-refractivity contribution in [3.63, 3.8) is 0 Å². The van der Waals surface area contributed by atoms with Gasteiger partial charge in [0.05, 0.1) is 19.3 Å². The number of nitrogens with one attached hydrogen (secondary N) is 1. The zero-order valence-corrected chi connectivity index (χ0v) is 15.5. The van der Waals surface area contributed by atoms with Gasteiger partial charge in [-0.05, 0) is 37.8 Å². The Hall–Kier alpha value is -1.98. The van der Waals surface area contributed by atoms with Crippen molar-refractivity contribution in [3.05, 3.63) is 24.3 Å². The highest BCUT2D eigenvalue weighted by Gasteiger charge is 2.44. The van der Waals surface area contributed by atoms with E-state index in [1.54, 1.807) is 12.0 Å². The Kier molecular flexibility index (Phi) is 4.67. The minimum Gasteiger partial charge on any atom is -0.495 e. The first-order valence-corrected chi connectivity index (χ1v) is 9.66. The second-order valence-electron chi connectivity index (χ2n) is 7.97. The van der Waals surface area contributed by atoms with Crippen molar-refractivity contribution in [2.75, 3.05) is 31.6 Å². The number of amides is 2. The zero-order valence-electron chi connectivity index (χ0n) is 15.5. The van der Waals surface area contributed by atoms with Crippen LogP contribution in [0.2, 0.25) is 0 Å². The summed E-state index contributed by atoms with van der Waals surface area (Å²) in [5.41, 5.74) is 1.13. The molecule has 6 heteroatoms. The number of para-hydroxylation sites is 2. The number of hydrogen-bond acceptors (Lipinski definition) is 3. The quantitative estimate of drug-likeness (QED) is 0.900. The maximum Gasteiger partial charge on any atom is 0.317 e. The molecule has 1 saturated carbocycles. The van der Waals surface area contributed by atoms with Crippen molar-refractivity contribution in [1.29, 1.82) is 0 Å². The first-order valence-electron chi connectivity index (χ1n) is 9.66. The van der Waals surface area contributed by atoms with Crippen LogP contribution in [0.5, 0.6) is 5.75 Å². The molecule has 1 unspecified atom stereocenters. The Morgan fingerprint density at radius 2 is 2.04 bits per heavy atom. The van der Waals surface area contributed by atoms with Crippen molar-refractivity contribution in [2.24, 2.45) is 11.8 Å². The molecule has 1 aliphatic carbocycles. The summed E-state index contributed by atoms with van der Waals surface area (Å²) >= 11 is 0. The molecule has 26 heavy (non-hydrogen) atoms. The summed E-state index contributed by atoms with van der Waals surface area (Å²) < 4.78 is 19.1. The smallest absolute Gasteiger partial charge is 0.317 e. The minimum atomic E-state index is -0.889. The average Bonchev–Trinajstić information content (AvgIpc) is 3.30. The zero-order chi connectivity index (χ0) is 18.3. The Balaban J connectivity index is 1.41. The molecule has 142 valence electrons. The highest BCUT2D eigenvalue weighted by molar-refractivity contribution is 5.75. The van der Waals surface area contributed by atoms with Crippen LogP contribution in [0.25, 0.3) is 0 Å². The lowest BCUT2D eigenvalue weighted by atomic mass is 9.98. The van der Waals surface area contributed by atoms with Crippen LogP contribution in [0.3, 0.4) is 0 Å². The topological polar surface area (TPSA) is 44.8 Å². The van der Waals surface area contributed by atoms with Crippen LogP contribution < -0.4 is 15.0 Å². The van der Waals surface area contributed by atoms with Gasteiger partial charge >= 0.3 is 6.03 Å². The Labute approximate surface area is 154 Å². The van der Waals surface area contributed by atoms with Crippen LogP contribution in [-0.4, -0.2) is 55.9 Å². The predicted octanol–water partition coefficient (Wildman–Crippen LogP) is 3.05.